The van der Waals surface area contributed by atoms with Crippen molar-refractivity contribution < 1.29 is 9.90 Å². The van der Waals surface area contributed by atoms with E-state index in [1.54, 1.807) is 0 Å². The van der Waals surface area contributed by atoms with Crippen molar-refractivity contribution in [2.75, 3.05) is 0 Å². The van der Waals surface area contributed by atoms with E-state index in [1.807, 2.05) is 60.7 Å². The van der Waals surface area contributed by atoms with Crippen molar-refractivity contribution in [3.63, 3.8) is 0 Å². The topological polar surface area (TPSA) is 61.7 Å². The van der Waals surface area contributed by atoms with Gasteiger partial charge in [0.05, 0.1) is 0 Å². The molecule has 0 fully saturated rings. The molecular weight excluding hydrogens is 296 g/mol. The minimum absolute atomic E-state index is 0.198. The van der Waals surface area contributed by atoms with Crippen LogP contribution in [0, 0.1) is 0 Å². The molecule has 1 amide bonds. The summed E-state index contributed by atoms with van der Waals surface area (Å²) >= 11 is 1.36. The van der Waals surface area contributed by atoms with Crippen LogP contribution in [-0.4, -0.2) is 21.4 Å². The van der Waals surface area contributed by atoms with E-state index in [4.69, 9.17) is 0 Å². The van der Waals surface area contributed by atoms with Crippen molar-refractivity contribution >= 4 is 22.7 Å². The van der Waals surface area contributed by atoms with Crippen LogP contribution in [0.3, 0.4) is 0 Å². The predicted molar refractivity (Wildman–Crippen MR) is 88.5 cm³/mol. The molecule has 0 spiro atoms. The fourth-order valence-corrected chi connectivity index (χ4v) is 3.63. The average Bonchev–Trinajstić information content (AvgIpc) is 2.87. The van der Waals surface area contributed by atoms with Crippen molar-refractivity contribution in [1.82, 2.24) is 5.32 Å². The summed E-state index contributed by atoms with van der Waals surface area (Å²) in [4.78, 5) is 16.0. The Morgan fingerprint density at radius 2 is 1.73 bits per heavy atom. The van der Waals surface area contributed by atoms with E-state index in [-0.39, 0.29) is 5.91 Å². The number of nitrogens with one attached hydrogen (secondary N) is 1. The molecule has 4 nitrogen and oxygen atoms in total. The summed E-state index contributed by atoms with van der Waals surface area (Å²) in [6, 6.07) is 18.8. The first-order valence-corrected chi connectivity index (χ1v) is 7.84. The minimum Gasteiger partial charge on any atom is -0.363 e. The summed E-state index contributed by atoms with van der Waals surface area (Å²) in [5.41, 5.74) is 0.116. The first-order chi connectivity index (χ1) is 10.6. The fraction of sp³-hybridized carbons (Fsp3) is 0.176. The van der Waals surface area contributed by atoms with Crippen LogP contribution in [0.25, 0.3) is 0 Å². The van der Waals surface area contributed by atoms with Gasteiger partial charge in [0.25, 0.3) is 0 Å². The zero-order chi connectivity index (χ0) is 15.6. The van der Waals surface area contributed by atoms with E-state index in [1.165, 1.54) is 18.7 Å². The quantitative estimate of drug-likeness (QED) is 0.915. The van der Waals surface area contributed by atoms with Gasteiger partial charge >= 0.3 is 0 Å². The van der Waals surface area contributed by atoms with Gasteiger partial charge < -0.3 is 10.4 Å². The number of aliphatic hydroxyl groups is 1. The summed E-state index contributed by atoms with van der Waals surface area (Å²) < 4.78 is 0. The van der Waals surface area contributed by atoms with Crippen LogP contribution in [0.2, 0.25) is 0 Å². The maximum absolute atomic E-state index is 11.5. The lowest BCUT2D eigenvalue weighted by atomic mass is 10.0. The maximum atomic E-state index is 11.5. The van der Waals surface area contributed by atoms with Crippen molar-refractivity contribution in [2.45, 2.75) is 18.0 Å². The summed E-state index contributed by atoms with van der Waals surface area (Å²) in [6.45, 7) is 1.44. The largest absolute Gasteiger partial charge is 0.363 e. The average molecular weight is 312 g/mol. The third-order valence-corrected chi connectivity index (χ3v) is 4.65. The molecule has 0 aliphatic carbocycles. The molecule has 0 saturated heterocycles. The second-order valence-electron chi connectivity index (χ2n) is 5.07. The highest BCUT2D eigenvalue weighted by atomic mass is 32.2. The van der Waals surface area contributed by atoms with E-state index in [0.29, 0.717) is 10.6 Å². The summed E-state index contributed by atoms with van der Waals surface area (Å²) in [6.07, 6.45) is 0. The Morgan fingerprint density at radius 1 is 1.14 bits per heavy atom. The molecule has 1 aliphatic rings. The molecule has 1 heterocycles. The van der Waals surface area contributed by atoms with Gasteiger partial charge in [-0.05, 0) is 0 Å². The van der Waals surface area contributed by atoms with Crippen LogP contribution < -0.4 is 5.32 Å². The number of aliphatic imine (C=N–C) groups is 1. The molecule has 2 aromatic carbocycles. The first-order valence-electron chi connectivity index (χ1n) is 6.96. The molecule has 22 heavy (non-hydrogen) atoms. The Morgan fingerprint density at radius 3 is 2.32 bits per heavy atom. The Hall–Kier alpha value is -2.11. The Kier molecular flexibility index (Phi) is 4.00. The Balaban J connectivity index is 2.03. The van der Waals surface area contributed by atoms with E-state index in [0.717, 1.165) is 5.56 Å². The standard InChI is InChI=1S/C17H16N2O2S/c1-12(20)18-16-17(21,14-10-6-3-7-11-14)19-15(22-16)13-8-4-2-5-9-13/h2-11,16,21H,1H3,(H,18,20)/t16-,17-/m1/s1. The third-order valence-electron chi connectivity index (χ3n) is 3.42. The summed E-state index contributed by atoms with van der Waals surface area (Å²) in [5.74, 6) is -0.198. The number of hydrogen-bond donors (Lipinski definition) is 2. The smallest absolute Gasteiger partial charge is 0.217 e. The molecule has 0 saturated carbocycles. The zero-order valence-electron chi connectivity index (χ0n) is 12.1. The van der Waals surface area contributed by atoms with Crippen molar-refractivity contribution in [2.24, 2.45) is 4.99 Å². The van der Waals surface area contributed by atoms with Gasteiger partial charge in [0.1, 0.15) is 10.4 Å². The number of carbonyl (C=O) groups is 1. The summed E-state index contributed by atoms with van der Waals surface area (Å²) in [7, 11) is 0. The molecule has 0 radical (unpaired) electrons. The van der Waals surface area contributed by atoms with Crippen LogP contribution in [0.15, 0.2) is 65.7 Å². The van der Waals surface area contributed by atoms with Crippen LogP contribution in [0.5, 0.6) is 0 Å². The highest BCUT2D eigenvalue weighted by molar-refractivity contribution is 8.15. The Bertz CT molecular complexity index is 703. The van der Waals surface area contributed by atoms with E-state index < -0.39 is 11.1 Å². The lowest BCUT2D eigenvalue weighted by Crippen LogP contribution is -2.44. The molecule has 0 bridgehead atoms. The molecule has 2 aromatic rings. The van der Waals surface area contributed by atoms with Crippen molar-refractivity contribution in [1.29, 1.82) is 0 Å². The van der Waals surface area contributed by atoms with Crippen molar-refractivity contribution in [3.8, 4) is 0 Å². The first kappa shape index (κ1) is 14.8. The maximum Gasteiger partial charge on any atom is 0.217 e. The number of thioether (sulfide) groups is 1. The molecule has 0 aromatic heterocycles. The number of nitrogens with zero attached hydrogens (tertiary/aromatic N) is 1. The SMILES string of the molecule is CC(=O)N[C@@H]1SC(c2ccccc2)=N[C@@]1(O)c1ccccc1. The van der Waals surface area contributed by atoms with Gasteiger partial charge in [-0.25, -0.2) is 4.99 Å². The molecule has 0 unspecified atom stereocenters. The zero-order valence-corrected chi connectivity index (χ0v) is 12.9. The lowest BCUT2D eigenvalue weighted by molar-refractivity contribution is -0.120. The van der Waals surface area contributed by atoms with Gasteiger partial charge in [-0.1, -0.05) is 72.4 Å². The fourth-order valence-electron chi connectivity index (χ4n) is 2.36. The van der Waals surface area contributed by atoms with E-state index in [9.17, 15) is 9.90 Å². The van der Waals surface area contributed by atoms with Gasteiger partial charge in [-0.3, -0.25) is 4.79 Å². The molecule has 3 rings (SSSR count). The van der Waals surface area contributed by atoms with Gasteiger partial charge in [0, 0.05) is 18.1 Å². The summed E-state index contributed by atoms with van der Waals surface area (Å²) in [5, 5.41) is 14.0. The molecule has 5 heteroatoms. The van der Waals surface area contributed by atoms with E-state index >= 15 is 0 Å². The number of carbonyl (C=O) groups excluding carboxylic acids is 1. The van der Waals surface area contributed by atoms with Gasteiger partial charge in [-0.2, -0.15) is 0 Å². The predicted octanol–water partition coefficient (Wildman–Crippen LogP) is 2.49. The van der Waals surface area contributed by atoms with Crippen LogP contribution >= 0.6 is 11.8 Å². The minimum atomic E-state index is -1.47. The number of benzene rings is 2. The molecule has 2 N–H and O–H groups in total. The van der Waals surface area contributed by atoms with Crippen LogP contribution in [0.1, 0.15) is 18.1 Å². The normalized spacial score (nSPS) is 23.9. The second-order valence-corrected chi connectivity index (χ2v) is 6.17. The van der Waals surface area contributed by atoms with E-state index in [2.05, 4.69) is 10.3 Å². The van der Waals surface area contributed by atoms with Crippen LogP contribution in [0.4, 0.5) is 0 Å². The molecule has 112 valence electrons. The third kappa shape index (κ3) is 2.77. The van der Waals surface area contributed by atoms with Gasteiger partial charge in [0.2, 0.25) is 11.6 Å². The lowest BCUT2D eigenvalue weighted by Gasteiger charge is -2.27. The van der Waals surface area contributed by atoms with Crippen molar-refractivity contribution in [3.05, 3.63) is 71.8 Å². The monoisotopic (exact) mass is 312 g/mol. The second kappa shape index (κ2) is 5.94. The number of rotatable bonds is 3. The van der Waals surface area contributed by atoms with Gasteiger partial charge in [0.15, 0.2) is 0 Å². The molecule has 1 aliphatic heterocycles. The highest BCUT2D eigenvalue weighted by Gasteiger charge is 2.45. The highest BCUT2D eigenvalue weighted by Crippen LogP contribution is 2.41. The number of hydrogen-bond acceptors (Lipinski definition) is 4. The van der Waals surface area contributed by atoms with Crippen LogP contribution in [-0.2, 0) is 10.5 Å². The number of amides is 1. The Labute approximate surface area is 133 Å². The molecule has 2 atom stereocenters. The molecular formula is C17H16N2O2S. The van der Waals surface area contributed by atoms with Gasteiger partial charge in [-0.15, -0.1) is 0 Å².